The Labute approximate surface area is 164 Å². The molecule has 2 aromatic carbocycles. The van der Waals surface area contributed by atoms with Gasteiger partial charge in [-0.15, -0.1) is 18.3 Å². The third-order valence-corrected chi connectivity index (χ3v) is 4.78. The summed E-state index contributed by atoms with van der Waals surface area (Å²) in [6, 6.07) is 12.3. The van der Waals surface area contributed by atoms with E-state index >= 15 is 0 Å². The lowest BCUT2D eigenvalue weighted by molar-refractivity contribution is -0.274. The van der Waals surface area contributed by atoms with Gasteiger partial charge in [-0.1, -0.05) is 23.9 Å². The van der Waals surface area contributed by atoms with E-state index in [4.69, 9.17) is 4.42 Å². The smallest absolute Gasteiger partial charge is 0.408 e. The quantitative estimate of drug-likeness (QED) is 0.440. The minimum atomic E-state index is -4.76. The van der Waals surface area contributed by atoms with Gasteiger partial charge in [0.25, 0.3) is 0 Å². The van der Waals surface area contributed by atoms with Gasteiger partial charge in [0, 0.05) is 12.3 Å². The van der Waals surface area contributed by atoms with E-state index in [1.807, 2.05) is 6.07 Å². The molecular formula is C17H12F3N5O3S. The molecule has 0 aliphatic heterocycles. The molecule has 0 N–H and O–H groups in total. The van der Waals surface area contributed by atoms with Gasteiger partial charge in [0.1, 0.15) is 5.75 Å². The molecule has 0 radical (unpaired) electrons. The fourth-order valence-corrected chi connectivity index (χ4v) is 3.49. The Bertz CT molecular complexity index is 1180. The van der Waals surface area contributed by atoms with E-state index < -0.39 is 12.1 Å². The van der Waals surface area contributed by atoms with Crippen LogP contribution in [-0.4, -0.2) is 36.9 Å². The van der Waals surface area contributed by atoms with Crippen LogP contribution >= 0.6 is 11.8 Å². The molecule has 0 saturated heterocycles. The molecule has 4 aromatic rings. The second kappa shape index (κ2) is 7.62. The van der Waals surface area contributed by atoms with E-state index in [-0.39, 0.29) is 5.75 Å². The maximum Gasteiger partial charge on any atom is 0.573 e. The van der Waals surface area contributed by atoms with Crippen molar-refractivity contribution in [3.8, 4) is 11.4 Å². The molecule has 0 spiro atoms. The molecule has 0 aliphatic carbocycles. The topological polar surface area (TPSA) is 88.0 Å². The maximum atomic E-state index is 12.3. The van der Waals surface area contributed by atoms with Crippen molar-refractivity contribution in [3.05, 3.63) is 59.1 Å². The molecule has 0 unspecified atom stereocenters. The summed E-state index contributed by atoms with van der Waals surface area (Å²) in [4.78, 5) is 12.0. The van der Waals surface area contributed by atoms with E-state index in [9.17, 15) is 18.0 Å². The highest BCUT2D eigenvalue weighted by molar-refractivity contribution is 7.99. The largest absolute Gasteiger partial charge is 0.573 e. The van der Waals surface area contributed by atoms with Gasteiger partial charge >= 0.3 is 12.1 Å². The average molecular weight is 423 g/mol. The van der Waals surface area contributed by atoms with E-state index in [0.29, 0.717) is 34.2 Å². The summed E-state index contributed by atoms with van der Waals surface area (Å²) in [6.45, 7) is 0.367. The van der Waals surface area contributed by atoms with E-state index in [0.717, 1.165) is 0 Å². The summed E-state index contributed by atoms with van der Waals surface area (Å²) >= 11 is 1.29. The van der Waals surface area contributed by atoms with Gasteiger partial charge in [-0.25, -0.2) is 4.79 Å². The zero-order valence-electron chi connectivity index (χ0n) is 14.5. The fraction of sp³-hybridized carbons (Fsp3) is 0.176. The molecule has 29 heavy (non-hydrogen) atoms. The Kier molecular flexibility index (Phi) is 5.01. The van der Waals surface area contributed by atoms with E-state index in [2.05, 4.69) is 20.3 Å². The standard InChI is InChI=1S/C17H12F3N5O3S/c18-17(19,20)28-12-7-5-11(6-8-12)25-15(21-22-23-25)29-10-9-24-13-3-1-2-4-14(13)27-16(24)26/h1-8H,9-10H2. The summed E-state index contributed by atoms with van der Waals surface area (Å²) in [7, 11) is 0. The van der Waals surface area contributed by atoms with Crippen LogP contribution < -0.4 is 10.5 Å². The number of aryl methyl sites for hydroxylation is 1. The summed E-state index contributed by atoms with van der Waals surface area (Å²) in [6.07, 6.45) is -4.76. The second-order valence-corrected chi connectivity index (χ2v) is 6.81. The molecule has 0 fully saturated rings. The van der Waals surface area contributed by atoms with Crippen molar-refractivity contribution in [1.82, 2.24) is 24.8 Å². The number of hydrogen-bond donors (Lipinski definition) is 0. The zero-order chi connectivity index (χ0) is 20.4. The first-order valence-electron chi connectivity index (χ1n) is 8.26. The number of benzene rings is 2. The fourth-order valence-electron chi connectivity index (χ4n) is 2.67. The number of fused-ring (bicyclic) bond motifs is 1. The van der Waals surface area contributed by atoms with Crippen LogP contribution in [0.25, 0.3) is 16.8 Å². The molecule has 0 aliphatic rings. The number of para-hydroxylation sites is 2. The molecule has 8 nitrogen and oxygen atoms in total. The SMILES string of the molecule is O=c1oc2ccccc2n1CCSc1nnnn1-c1ccc(OC(F)(F)F)cc1. The first kappa shape index (κ1) is 19.1. The Morgan fingerprint density at radius 3 is 2.62 bits per heavy atom. The number of hydrogen-bond acceptors (Lipinski definition) is 7. The average Bonchev–Trinajstić information content (AvgIpc) is 3.26. The van der Waals surface area contributed by atoms with Gasteiger partial charge in [0.15, 0.2) is 5.58 Å². The summed E-state index contributed by atoms with van der Waals surface area (Å²) in [5.74, 6) is -0.319. The first-order valence-corrected chi connectivity index (χ1v) is 9.25. The number of aromatic nitrogens is 5. The summed E-state index contributed by atoms with van der Waals surface area (Å²) in [5.41, 5.74) is 1.67. The van der Waals surface area contributed by atoms with Gasteiger partial charge in [-0.3, -0.25) is 4.57 Å². The van der Waals surface area contributed by atoms with Gasteiger partial charge in [-0.2, -0.15) is 4.68 Å². The molecule has 0 atom stereocenters. The van der Waals surface area contributed by atoms with Crippen LogP contribution in [-0.2, 0) is 6.54 Å². The molecule has 0 bridgehead atoms. The van der Waals surface area contributed by atoms with E-state index in [1.165, 1.54) is 45.3 Å². The zero-order valence-corrected chi connectivity index (χ0v) is 15.4. The predicted molar refractivity (Wildman–Crippen MR) is 97.0 cm³/mol. The van der Waals surface area contributed by atoms with Crippen molar-refractivity contribution in [3.63, 3.8) is 0 Å². The van der Waals surface area contributed by atoms with Crippen LogP contribution in [0, 0.1) is 0 Å². The van der Waals surface area contributed by atoms with Crippen molar-refractivity contribution >= 4 is 22.9 Å². The van der Waals surface area contributed by atoms with Gasteiger partial charge in [-0.05, 0) is 46.8 Å². The Hall–Kier alpha value is -3.28. The summed E-state index contributed by atoms with van der Waals surface area (Å²) < 4.78 is 48.7. The van der Waals surface area contributed by atoms with Crippen LogP contribution in [0.1, 0.15) is 0 Å². The summed E-state index contributed by atoms with van der Waals surface area (Å²) in [5, 5.41) is 11.8. The van der Waals surface area contributed by atoms with Crippen molar-refractivity contribution in [2.75, 3.05) is 5.75 Å². The van der Waals surface area contributed by atoms with Crippen molar-refractivity contribution in [1.29, 1.82) is 0 Å². The molecule has 4 rings (SSSR count). The molecule has 12 heteroatoms. The van der Waals surface area contributed by atoms with E-state index in [1.54, 1.807) is 18.2 Å². The predicted octanol–water partition coefficient (Wildman–Crippen LogP) is 3.26. The third-order valence-electron chi connectivity index (χ3n) is 3.88. The highest BCUT2D eigenvalue weighted by atomic mass is 32.2. The van der Waals surface area contributed by atoms with Gasteiger partial charge in [0.2, 0.25) is 5.16 Å². The number of oxazole rings is 1. The molecule has 150 valence electrons. The van der Waals surface area contributed by atoms with Crippen molar-refractivity contribution < 1.29 is 22.3 Å². The number of ether oxygens (including phenoxy) is 1. The Morgan fingerprint density at radius 1 is 1.10 bits per heavy atom. The minimum absolute atomic E-state index is 0.338. The lowest BCUT2D eigenvalue weighted by Gasteiger charge is -2.09. The number of tetrazole rings is 1. The number of thioether (sulfide) groups is 1. The van der Waals surface area contributed by atoms with Gasteiger partial charge in [0.05, 0.1) is 11.2 Å². The molecule has 0 saturated carbocycles. The molecule has 2 heterocycles. The van der Waals surface area contributed by atoms with Gasteiger partial charge < -0.3 is 9.15 Å². The monoisotopic (exact) mass is 423 g/mol. The van der Waals surface area contributed by atoms with Crippen LogP contribution in [0.2, 0.25) is 0 Å². The Balaban J connectivity index is 1.46. The first-order chi connectivity index (χ1) is 13.9. The minimum Gasteiger partial charge on any atom is -0.408 e. The molecule has 2 aromatic heterocycles. The van der Waals surface area contributed by atoms with Crippen LogP contribution in [0.4, 0.5) is 13.2 Å². The number of rotatable bonds is 6. The number of alkyl halides is 3. The second-order valence-electron chi connectivity index (χ2n) is 5.75. The third kappa shape index (κ3) is 4.26. The molecule has 0 amide bonds. The lowest BCUT2D eigenvalue weighted by atomic mass is 10.3. The van der Waals surface area contributed by atoms with Crippen molar-refractivity contribution in [2.24, 2.45) is 0 Å². The Morgan fingerprint density at radius 2 is 1.86 bits per heavy atom. The van der Waals surface area contributed by atoms with Crippen LogP contribution in [0.3, 0.4) is 0 Å². The lowest BCUT2D eigenvalue weighted by Crippen LogP contribution is -2.17. The highest BCUT2D eigenvalue weighted by Gasteiger charge is 2.31. The van der Waals surface area contributed by atoms with Crippen LogP contribution in [0.5, 0.6) is 5.75 Å². The number of nitrogens with zero attached hydrogens (tertiary/aromatic N) is 5. The van der Waals surface area contributed by atoms with Crippen LogP contribution in [0.15, 0.2) is 62.9 Å². The normalized spacial score (nSPS) is 11.8. The van der Waals surface area contributed by atoms with Crippen molar-refractivity contribution in [2.45, 2.75) is 18.1 Å². The number of halogens is 3. The molecular weight excluding hydrogens is 411 g/mol. The maximum absolute atomic E-state index is 12.3. The highest BCUT2D eigenvalue weighted by Crippen LogP contribution is 2.25.